The normalized spacial score (nSPS) is 16.2. The molecule has 0 radical (unpaired) electrons. The first-order valence-corrected chi connectivity index (χ1v) is 10.4. The number of anilines is 1. The number of aromatic nitrogens is 2. The van der Waals surface area contributed by atoms with Gasteiger partial charge in [-0.05, 0) is 42.2 Å². The number of amides is 2. The fourth-order valence-electron chi connectivity index (χ4n) is 3.86. The van der Waals surface area contributed by atoms with Crippen LogP contribution in [0.25, 0.3) is 5.69 Å². The molecule has 1 unspecified atom stereocenters. The third-order valence-electron chi connectivity index (χ3n) is 5.75. The van der Waals surface area contributed by atoms with Crippen molar-refractivity contribution >= 4 is 17.5 Å². The molecule has 1 aliphatic rings. The summed E-state index contributed by atoms with van der Waals surface area (Å²) in [4.78, 5) is 29.0. The van der Waals surface area contributed by atoms with Crippen molar-refractivity contribution in [3.05, 3.63) is 72.1 Å². The number of likely N-dealkylation sites (N-methyl/N-ethyl adjacent to an activating group) is 1. The van der Waals surface area contributed by atoms with Crippen LogP contribution < -0.4 is 4.90 Å². The molecule has 0 spiro atoms. The maximum absolute atomic E-state index is 13.0. The zero-order chi connectivity index (χ0) is 22.1. The Hall–Kier alpha value is -3.61. The lowest BCUT2D eigenvalue weighted by Gasteiger charge is -2.23. The highest BCUT2D eigenvalue weighted by Gasteiger charge is 2.38. The van der Waals surface area contributed by atoms with E-state index < -0.39 is 11.9 Å². The molecule has 1 aromatic heterocycles. The van der Waals surface area contributed by atoms with Gasteiger partial charge in [-0.25, -0.2) is 4.68 Å². The van der Waals surface area contributed by atoms with Gasteiger partial charge in [-0.1, -0.05) is 44.2 Å². The fourth-order valence-corrected chi connectivity index (χ4v) is 3.86. The first-order chi connectivity index (χ1) is 14.9. The second kappa shape index (κ2) is 8.26. The van der Waals surface area contributed by atoms with Crippen molar-refractivity contribution in [3.8, 4) is 11.4 Å². The van der Waals surface area contributed by atoms with Gasteiger partial charge in [-0.2, -0.15) is 5.10 Å². The van der Waals surface area contributed by atoms with Crippen molar-refractivity contribution < 1.29 is 14.7 Å². The molecule has 3 aromatic rings. The highest BCUT2D eigenvalue weighted by Crippen LogP contribution is 2.26. The van der Waals surface area contributed by atoms with Gasteiger partial charge in [0.05, 0.1) is 11.9 Å². The minimum absolute atomic E-state index is 0.0682. The van der Waals surface area contributed by atoms with Crippen molar-refractivity contribution in [2.45, 2.75) is 32.2 Å². The van der Waals surface area contributed by atoms with Crippen molar-refractivity contribution in [3.63, 3.8) is 0 Å². The lowest BCUT2D eigenvalue weighted by Crippen LogP contribution is -2.43. The average molecular weight is 418 g/mol. The predicted octanol–water partition coefficient (Wildman–Crippen LogP) is 3.58. The van der Waals surface area contributed by atoms with Crippen LogP contribution in [0.15, 0.2) is 60.8 Å². The molecular weight excluding hydrogens is 392 g/mol. The first kappa shape index (κ1) is 20.7. The quantitative estimate of drug-likeness (QED) is 0.687. The van der Waals surface area contributed by atoms with Gasteiger partial charge in [0.15, 0.2) is 11.4 Å². The molecular formula is C24H26N4O3. The summed E-state index contributed by atoms with van der Waals surface area (Å²) in [5.74, 6) is -0.422. The van der Waals surface area contributed by atoms with Crippen LogP contribution in [-0.2, 0) is 4.79 Å². The molecule has 7 nitrogen and oxygen atoms in total. The molecule has 7 heteroatoms. The molecule has 2 heterocycles. The molecule has 2 aromatic carbocycles. The SMILES string of the molecule is CC(C)c1ccc(-n2cc(O)c(C(=O)N(C)C3CCN(c4ccccc4)C3=O)n2)cc1. The zero-order valence-corrected chi connectivity index (χ0v) is 17.9. The Bertz CT molecular complexity index is 1090. The smallest absolute Gasteiger partial charge is 0.278 e. The fraction of sp³-hybridized carbons (Fsp3) is 0.292. The van der Waals surface area contributed by atoms with Gasteiger partial charge in [-0.15, -0.1) is 0 Å². The Morgan fingerprint density at radius 3 is 2.42 bits per heavy atom. The number of aromatic hydroxyl groups is 1. The molecule has 160 valence electrons. The molecule has 4 rings (SSSR count). The summed E-state index contributed by atoms with van der Waals surface area (Å²) in [5, 5.41) is 14.7. The number of hydrogen-bond acceptors (Lipinski definition) is 4. The second-order valence-electron chi connectivity index (χ2n) is 8.10. The highest BCUT2D eigenvalue weighted by atomic mass is 16.3. The Balaban J connectivity index is 1.52. The minimum atomic E-state index is -0.595. The Kier molecular flexibility index (Phi) is 5.50. The van der Waals surface area contributed by atoms with E-state index in [2.05, 4.69) is 18.9 Å². The van der Waals surface area contributed by atoms with E-state index in [0.717, 1.165) is 11.4 Å². The van der Waals surface area contributed by atoms with Crippen LogP contribution in [0.3, 0.4) is 0 Å². The highest BCUT2D eigenvalue weighted by molar-refractivity contribution is 6.04. The summed E-state index contributed by atoms with van der Waals surface area (Å²) in [6.07, 6.45) is 1.94. The van der Waals surface area contributed by atoms with E-state index in [9.17, 15) is 14.7 Å². The number of hydrogen-bond donors (Lipinski definition) is 1. The van der Waals surface area contributed by atoms with Gasteiger partial charge >= 0.3 is 0 Å². The van der Waals surface area contributed by atoms with E-state index in [0.29, 0.717) is 18.9 Å². The molecule has 1 fully saturated rings. The van der Waals surface area contributed by atoms with Crippen LogP contribution in [0.2, 0.25) is 0 Å². The number of benzene rings is 2. The van der Waals surface area contributed by atoms with E-state index >= 15 is 0 Å². The average Bonchev–Trinajstić information content (AvgIpc) is 3.36. The Labute approximate surface area is 181 Å². The van der Waals surface area contributed by atoms with Crippen molar-refractivity contribution in [1.29, 1.82) is 0 Å². The lowest BCUT2D eigenvalue weighted by atomic mass is 10.0. The van der Waals surface area contributed by atoms with Gasteiger partial charge in [0.25, 0.3) is 5.91 Å². The minimum Gasteiger partial charge on any atom is -0.504 e. The number of carbonyl (C=O) groups is 2. The standard InChI is InChI=1S/C24H26N4O3/c1-16(2)17-9-11-19(12-10-17)28-15-21(29)22(25-28)24(31)26(3)20-13-14-27(23(20)30)18-7-5-4-6-8-18/h4-12,15-16,20,29H,13-14H2,1-3H3. The number of nitrogens with zero attached hydrogens (tertiary/aromatic N) is 4. The largest absolute Gasteiger partial charge is 0.504 e. The summed E-state index contributed by atoms with van der Waals surface area (Å²) < 4.78 is 1.48. The van der Waals surface area contributed by atoms with Gasteiger partial charge < -0.3 is 14.9 Å². The van der Waals surface area contributed by atoms with Crippen LogP contribution >= 0.6 is 0 Å². The van der Waals surface area contributed by atoms with Crippen LogP contribution in [0.1, 0.15) is 42.2 Å². The summed E-state index contributed by atoms with van der Waals surface area (Å²) >= 11 is 0. The molecule has 1 saturated heterocycles. The monoisotopic (exact) mass is 418 g/mol. The van der Waals surface area contributed by atoms with Gasteiger partial charge in [0.1, 0.15) is 6.04 Å². The third kappa shape index (κ3) is 3.91. The van der Waals surface area contributed by atoms with Crippen molar-refractivity contribution in [2.24, 2.45) is 0 Å². The Morgan fingerprint density at radius 1 is 1.10 bits per heavy atom. The van der Waals surface area contributed by atoms with E-state index in [-0.39, 0.29) is 17.4 Å². The van der Waals surface area contributed by atoms with Crippen LogP contribution in [0, 0.1) is 0 Å². The lowest BCUT2D eigenvalue weighted by molar-refractivity contribution is -0.120. The maximum Gasteiger partial charge on any atom is 0.278 e. The van der Waals surface area contributed by atoms with Gasteiger partial charge in [0, 0.05) is 19.3 Å². The van der Waals surface area contributed by atoms with Gasteiger partial charge in [0.2, 0.25) is 5.91 Å². The molecule has 0 aliphatic carbocycles. The Morgan fingerprint density at radius 2 is 1.77 bits per heavy atom. The molecule has 1 aliphatic heterocycles. The number of para-hydroxylation sites is 1. The molecule has 1 atom stereocenters. The van der Waals surface area contributed by atoms with E-state index in [4.69, 9.17) is 0 Å². The molecule has 0 bridgehead atoms. The van der Waals surface area contributed by atoms with E-state index in [1.807, 2.05) is 54.6 Å². The molecule has 1 N–H and O–H groups in total. The zero-order valence-electron chi connectivity index (χ0n) is 17.9. The second-order valence-corrected chi connectivity index (χ2v) is 8.10. The van der Waals surface area contributed by atoms with Crippen LogP contribution in [0.5, 0.6) is 5.75 Å². The molecule has 2 amide bonds. The van der Waals surface area contributed by atoms with Crippen molar-refractivity contribution in [1.82, 2.24) is 14.7 Å². The van der Waals surface area contributed by atoms with E-state index in [1.54, 1.807) is 11.9 Å². The third-order valence-corrected chi connectivity index (χ3v) is 5.75. The topological polar surface area (TPSA) is 78.7 Å². The maximum atomic E-state index is 13.0. The predicted molar refractivity (Wildman–Crippen MR) is 119 cm³/mol. The summed E-state index contributed by atoms with van der Waals surface area (Å²) in [6.45, 7) is 4.77. The van der Waals surface area contributed by atoms with Gasteiger partial charge in [-0.3, -0.25) is 9.59 Å². The summed E-state index contributed by atoms with van der Waals surface area (Å²) in [6, 6.07) is 16.6. The number of carbonyl (C=O) groups excluding carboxylic acids is 2. The number of rotatable bonds is 5. The summed E-state index contributed by atoms with van der Waals surface area (Å²) in [5.41, 5.74) is 2.68. The first-order valence-electron chi connectivity index (χ1n) is 10.4. The molecule has 0 saturated carbocycles. The van der Waals surface area contributed by atoms with Crippen LogP contribution in [-0.4, -0.2) is 51.2 Å². The van der Waals surface area contributed by atoms with Crippen LogP contribution in [0.4, 0.5) is 5.69 Å². The van der Waals surface area contributed by atoms with E-state index in [1.165, 1.54) is 21.3 Å². The van der Waals surface area contributed by atoms with Crippen molar-refractivity contribution in [2.75, 3.05) is 18.5 Å². The molecule has 31 heavy (non-hydrogen) atoms. The summed E-state index contributed by atoms with van der Waals surface area (Å²) in [7, 11) is 1.58.